The molecular formula is C21H32N4O6. The van der Waals surface area contributed by atoms with Crippen LogP contribution in [0.3, 0.4) is 0 Å². The second kappa shape index (κ2) is 12.7. The van der Waals surface area contributed by atoms with Crippen molar-refractivity contribution in [3.8, 4) is 0 Å². The van der Waals surface area contributed by atoms with Crippen molar-refractivity contribution in [1.29, 1.82) is 0 Å². The SMILES string of the molecule is CC(C)CC(NC(=O)CNC(=O)C(N)C(C)O)C(=O)NC(Cc1ccccc1)C(=O)O. The highest BCUT2D eigenvalue weighted by Crippen LogP contribution is 2.08. The van der Waals surface area contributed by atoms with E-state index in [0.29, 0.717) is 0 Å². The Morgan fingerprint density at radius 1 is 0.968 bits per heavy atom. The first-order valence-corrected chi connectivity index (χ1v) is 10.1. The highest BCUT2D eigenvalue weighted by molar-refractivity contribution is 5.92. The summed E-state index contributed by atoms with van der Waals surface area (Å²) in [5.41, 5.74) is 6.24. The van der Waals surface area contributed by atoms with Gasteiger partial charge in [0, 0.05) is 6.42 Å². The van der Waals surface area contributed by atoms with Crippen LogP contribution in [0, 0.1) is 5.92 Å². The van der Waals surface area contributed by atoms with E-state index in [1.165, 1.54) is 6.92 Å². The average Bonchev–Trinajstić information content (AvgIpc) is 2.70. The number of aliphatic carboxylic acids is 1. The van der Waals surface area contributed by atoms with Crippen molar-refractivity contribution >= 4 is 23.7 Å². The highest BCUT2D eigenvalue weighted by Gasteiger charge is 2.28. The van der Waals surface area contributed by atoms with E-state index in [-0.39, 0.29) is 18.8 Å². The molecule has 4 unspecified atom stereocenters. The van der Waals surface area contributed by atoms with Gasteiger partial charge >= 0.3 is 5.97 Å². The summed E-state index contributed by atoms with van der Waals surface area (Å²) in [4.78, 5) is 48.3. The number of aliphatic hydroxyl groups is 1. The number of carboxylic acid groups (broad SMARTS) is 1. The summed E-state index contributed by atoms with van der Waals surface area (Å²) in [6.45, 7) is 4.62. The zero-order chi connectivity index (χ0) is 23.6. The van der Waals surface area contributed by atoms with Crippen LogP contribution in [0.4, 0.5) is 0 Å². The van der Waals surface area contributed by atoms with Crippen molar-refractivity contribution in [2.24, 2.45) is 11.7 Å². The monoisotopic (exact) mass is 436 g/mol. The first kappa shape index (κ1) is 26.1. The van der Waals surface area contributed by atoms with Crippen LogP contribution in [0.25, 0.3) is 0 Å². The number of carbonyl (C=O) groups is 4. The number of amides is 3. The van der Waals surface area contributed by atoms with Gasteiger partial charge in [-0.2, -0.15) is 0 Å². The fourth-order valence-electron chi connectivity index (χ4n) is 2.77. The number of nitrogens with two attached hydrogens (primary N) is 1. The Labute approximate surface area is 181 Å². The van der Waals surface area contributed by atoms with E-state index in [0.717, 1.165) is 5.56 Å². The molecule has 0 saturated heterocycles. The van der Waals surface area contributed by atoms with Gasteiger partial charge in [0.1, 0.15) is 18.1 Å². The maximum absolute atomic E-state index is 12.7. The van der Waals surface area contributed by atoms with E-state index in [1.54, 1.807) is 30.3 Å². The zero-order valence-electron chi connectivity index (χ0n) is 18.0. The van der Waals surface area contributed by atoms with Gasteiger partial charge in [-0.3, -0.25) is 14.4 Å². The smallest absolute Gasteiger partial charge is 0.326 e. The summed E-state index contributed by atoms with van der Waals surface area (Å²) < 4.78 is 0. The topological polar surface area (TPSA) is 171 Å². The van der Waals surface area contributed by atoms with E-state index >= 15 is 0 Å². The highest BCUT2D eigenvalue weighted by atomic mass is 16.4. The standard InChI is InChI=1S/C21H32N4O6/c1-12(2)9-15(24-17(27)11-23-20(29)18(22)13(3)26)19(28)25-16(21(30)31)10-14-7-5-4-6-8-14/h4-8,12-13,15-16,18,26H,9-11,22H2,1-3H3,(H,23,29)(H,24,27)(H,25,28)(H,30,31). The Bertz CT molecular complexity index is 753. The lowest BCUT2D eigenvalue weighted by molar-refractivity contribution is -0.142. The van der Waals surface area contributed by atoms with Crippen molar-refractivity contribution in [2.75, 3.05) is 6.54 Å². The summed E-state index contributed by atoms with van der Waals surface area (Å²) in [6.07, 6.45) is -0.714. The Balaban J connectivity index is 2.75. The minimum Gasteiger partial charge on any atom is -0.480 e. The number of carboxylic acids is 1. The molecule has 0 bridgehead atoms. The quantitative estimate of drug-likeness (QED) is 0.248. The number of aliphatic hydroxyl groups excluding tert-OH is 1. The molecule has 0 radical (unpaired) electrons. The molecule has 0 spiro atoms. The summed E-state index contributed by atoms with van der Waals surface area (Å²) in [5.74, 6) is -3.12. The number of rotatable bonds is 12. The van der Waals surface area contributed by atoms with Gasteiger partial charge in [-0.1, -0.05) is 44.2 Å². The Hall–Kier alpha value is -2.98. The molecule has 0 saturated carbocycles. The van der Waals surface area contributed by atoms with E-state index in [4.69, 9.17) is 5.73 Å². The molecule has 0 heterocycles. The number of hydrogen-bond donors (Lipinski definition) is 6. The van der Waals surface area contributed by atoms with Crippen molar-refractivity contribution < 1.29 is 29.4 Å². The lowest BCUT2D eigenvalue weighted by Crippen LogP contribution is -2.55. The van der Waals surface area contributed by atoms with Gasteiger partial charge in [-0.25, -0.2) is 4.79 Å². The molecule has 31 heavy (non-hydrogen) atoms. The van der Waals surface area contributed by atoms with Crippen LogP contribution in [-0.4, -0.2) is 64.7 Å². The van der Waals surface area contributed by atoms with Gasteiger partial charge in [0.05, 0.1) is 12.6 Å². The molecule has 1 aromatic carbocycles. The molecule has 4 atom stereocenters. The van der Waals surface area contributed by atoms with Crippen molar-refractivity contribution in [3.05, 3.63) is 35.9 Å². The largest absolute Gasteiger partial charge is 0.480 e. The molecule has 3 amide bonds. The molecule has 0 aromatic heterocycles. The van der Waals surface area contributed by atoms with Crippen molar-refractivity contribution in [2.45, 2.75) is 57.8 Å². The van der Waals surface area contributed by atoms with Gasteiger partial charge in [-0.05, 0) is 24.8 Å². The van der Waals surface area contributed by atoms with Crippen LogP contribution in [0.2, 0.25) is 0 Å². The number of benzene rings is 1. The van der Waals surface area contributed by atoms with Crippen LogP contribution in [-0.2, 0) is 25.6 Å². The molecule has 7 N–H and O–H groups in total. The second-order valence-electron chi connectivity index (χ2n) is 7.82. The predicted octanol–water partition coefficient (Wildman–Crippen LogP) is -0.846. The first-order chi connectivity index (χ1) is 14.5. The van der Waals surface area contributed by atoms with Gasteiger partial charge in [0.2, 0.25) is 17.7 Å². The average molecular weight is 437 g/mol. The maximum atomic E-state index is 12.7. The van der Waals surface area contributed by atoms with E-state index < -0.39 is 54.5 Å². The van der Waals surface area contributed by atoms with Crippen LogP contribution >= 0.6 is 0 Å². The molecular weight excluding hydrogens is 404 g/mol. The predicted molar refractivity (Wildman–Crippen MR) is 114 cm³/mol. The van der Waals surface area contributed by atoms with Gasteiger partial charge in [0.25, 0.3) is 0 Å². The van der Waals surface area contributed by atoms with Crippen molar-refractivity contribution in [1.82, 2.24) is 16.0 Å². The molecule has 0 aliphatic carbocycles. The van der Waals surface area contributed by atoms with Gasteiger partial charge < -0.3 is 31.9 Å². The molecule has 0 aliphatic heterocycles. The lowest BCUT2D eigenvalue weighted by atomic mass is 10.0. The first-order valence-electron chi connectivity index (χ1n) is 10.1. The number of carbonyl (C=O) groups excluding carboxylic acids is 3. The molecule has 10 heteroatoms. The van der Waals surface area contributed by atoms with Crippen LogP contribution in [0.5, 0.6) is 0 Å². The molecule has 0 fully saturated rings. The van der Waals surface area contributed by atoms with Crippen LogP contribution in [0.1, 0.15) is 32.8 Å². The van der Waals surface area contributed by atoms with E-state index in [9.17, 15) is 29.4 Å². The summed E-state index contributed by atoms with van der Waals surface area (Å²) >= 11 is 0. The summed E-state index contributed by atoms with van der Waals surface area (Å²) in [7, 11) is 0. The second-order valence-corrected chi connectivity index (χ2v) is 7.82. The fraction of sp³-hybridized carbons (Fsp3) is 0.524. The molecule has 0 aliphatic rings. The number of hydrogen-bond acceptors (Lipinski definition) is 6. The molecule has 10 nitrogen and oxygen atoms in total. The van der Waals surface area contributed by atoms with E-state index in [1.807, 2.05) is 13.8 Å². The van der Waals surface area contributed by atoms with Gasteiger partial charge in [0.15, 0.2) is 0 Å². The summed E-state index contributed by atoms with van der Waals surface area (Å²) in [6, 6.07) is 5.55. The number of nitrogens with one attached hydrogen (secondary N) is 3. The lowest BCUT2D eigenvalue weighted by Gasteiger charge is -2.23. The maximum Gasteiger partial charge on any atom is 0.326 e. The molecule has 172 valence electrons. The Morgan fingerprint density at radius 3 is 2.10 bits per heavy atom. The van der Waals surface area contributed by atoms with Crippen molar-refractivity contribution in [3.63, 3.8) is 0 Å². The third kappa shape index (κ3) is 9.58. The minimum absolute atomic E-state index is 0.0340. The fourth-order valence-corrected chi connectivity index (χ4v) is 2.77. The van der Waals surface area contributed by atoms with E-state index in [2.05, 4.69) is 16.0 Å². The minimum atomic E-state index is -1.19. The third-order valence-electron chi connectivity index (χ3n) is 4.50. The Kier molecular flexibility index (Phi) is 10.6. The zero-order valence-corrected chi connectivity index (χ0v) is 18.0. The normalized spacial score (nSPS) is 14.8. The molecule has 1 aromatic rings. The molecule has 1 rings (SSSR count). The van der Waals surface area contributed by atoms with Crippen LogP contribution < -0.4 is 21.7 Å². The van der Waals surface area contributed by atoms with Gasteiger partial charge in [-0.15, -0.1) is 0 Å². The summed E-state index contributed by atoms with van der Waals surface area (Å²) in [5, 5.41) is 26.1. The Morgan fingerprint density at radius 2 is 1.58 bits per heavy atom. The third-order valence-corrected chi connectivity index (χ3v) is 4.50. The van der Waals surface area contributed by atoms with Crippen LogP contribution in [0.15, 0.2) is 30.3 Å².